The van der Waals surface area contributed by atoms with Crippen LogP contribution in [0, 0.1) is 12.3 Å². The van der Waals surface area contributed by atoms with E-state index in [4.69, 9.17) is 49.1 Å². The van der Waals surface area contributed by atoms with E-state index in [0.29, 0.717) is 79.3 Å². The van der Waals surface area contributed by atoms with Crippen molar-refractivity contribution in [1.82, 2.24) is 0 Å². The Morgan fingerprint density at radius 1 is 0.590 bits per heavy atom. The minimum absolute atomic E-state index is 0.0737. The van der Waals surface area contributed by atoms with Gasteiger partial charge in [0.1, 0.15) is 12.2 Å². The number of rotatable bonds is 28. The number of terminal acetylenes is 1. The van der Waals surface area contributed by atoms with Crippen molar-refractivity contribution in [2.75, 3.05) is 117 Å². The Morgan fingerprint density at radius 2 is 0.923 bits per heavy atom. The number of sulfone groups is 1. The molecule has 0 saturated carbocycles. The molecule has 0 spiro atoms. The van der Waals surface area contributed by atoms with E-state index in [1.54, 1.807) is 0 Å². The van der Waals surface area contributed by atoms with E-state index in [1.807, 2.05) is 20.8 Å². The standard InChI is InChI=1S/C26H48O12S/c1-5-7-30-9-11-32-13-15-34-17-19-36-21-23-39(28,29)24-22-37-20-18-35-16-14-33-12-10-31-8-6-25(27)38-26(2,3)4/h1H,6-24H2,2-4H3. The summed E-state index contributed by atoms with van der Waals surface area (Å²) >= 11 is 0. The molecule has 0 N–H and O–H groups in total. The second kappa shape index (κ2) is 25.6. The lowest BCUT2D eigenvalue weighted by molar-refractivity contribution is -0.156. The summed E-state index contributed by atoms with van der Waals surface area (Å²) in [4.78, 5) is 11.5. The Bertz CT molecular complexity index is 715. The third-order valence-electron chi connectivity index (χ3n) is 4.37. The van der Waals surface area contributed by atoms with E-state index in [2.05, 4.69) is 5.92 Å². The van der Waals surface area contributed by atoms with E-state index in [0.717, 1.165) is 0 Å². The monoisotopic (exact) mass is 584 g/mol. The molecule has 0 unspecified atom stereocenters. The van der Waals surface area contributed by atoms with Crippen LogP contribution in [0.5, 0.6) is 0 Å². The normalized spacial score (nSPS) is 11.9. The molecule has 0 heterocycles. The molecule has 0 fully saturated rings. The molecule has 0 saturated heterocycles. The number of carbonyl (C=O) groups excluding carboxylic acids is 1. The number of esters is 1. The van der Waals surface area contributed by atoms with Crippen LogP contribution in [0.25, 0.3) is 0 Å². The summed E-state index contributed by atoms with van der Waals surface area (Å²) in [5, 5.41) is 0. The first-order valence-electron chi connectivity index (χ1n) is 13.1. The minimum atomic E-state index is -3.26. The summed E-state index contributed by atoms with van der Waals surface area (Å²) < 4.78 is 71.6. The molecule has 0 rings (SSSR count). The van der Waals surface area contributed by atoms with Gasteiger partial charge in [-0.15, -0.1) is 6.42 Å². The lowest BCUT2D eigenvalue weighted by atomic mass is 10.2. The van der Waals surface area contributed by atoms with E-state index >= 15 is 0 Å². The van der Waals surface area contributed by atoms with Crippen LogP contribution in [-0.4, -0.2) is 137 Å². The maximum absolute atomic E-state index is 12.0. The Kier molecular flexibility index (Phi) is 24.7. The van der Waals surface area contributed by atoms with E-state index in [-0.39, 0.29) is 50.3 Å². The van der Waals surface area contributed by atoms with Gasteiger partial charge in [0.2, 0.25) is 0 Å². The quantitative estimate of drug-likeness (QED) is 0.0735. The highest BCUT2D eigenvalue weighted by Crippen LogP contribution is 2.08. The van der Waals surface area contributed by atoms with E-state index < -0.39 is 15.4 Å². The molecular weight excluding hydrogens is 536 g/mol. The number of ether oxygens (including phenoxy) is 9. The number of hydrogen-bond acceptors (Lipinski definition) is 12. The molecule has 0 radical (unpaired) electrons. The van der Waals surface area contributed by atoms with Gasteiger partial charge in [0, 0.05) is 0 Å². The first kappa shape index (κ1) is 37.7. The SMILES string of the molecule is C#CCOCCOCCOCCOCCS(=O)(=O)CCOCCOCCOCCOCCC(=O)OC(C)(C)C. The van der Waals surface area contributed by atoms with Crippen molar-refractivity contribution >= 4 is 15.8 Å². The summed E-state index contributed by atoms with van der Waals surface area (Å²) in [6.07, 6.45) is 5.26. The predicted octanol–water partition coefficient (Wildman–Crippen LogP) is 0.899. The molecule has 0 atom stereocenters. The lowest BCUT2D eigenvalue weighted by Crippen LogP contribution is -2.24. The molecule has 39 heavy (non-hydrogen) atoms. The summed E-state index contributed by atoms with van der Waals surface area (Å²) in [6, 6.07) is 0. The van der Waals surface area contributed by atoms with Gasteiger partial charge in [-0.25, -0.2) is 8.42 Å². The molecule has 13 heteroatoms. The van der Waals surface area contributed by atoms with E-state index in [9.17, 15) is 13.2 Å². The Balaban J connectivity index is 3.36. The van der Waals surface area contributed by atoms with Gasteiger partial charge in [0.25, 0.3) is 0 Å². The van der Waals surface area contributed by atoms with Gasteiger partial charge in [-0.05, 0) is 20.8 Å². The lowest BCUT2D eigenvalue weighted by Gasteiger charge is -2.19. The Labute approximate surface area is 234 Å². The average molecular weight is 585 g/mol. The summed E-state index contributed by atoms with van der Waals surface area (Å²) in [6.45, 7) is 10.8. The van der Waals surface area contributed by atoms with Crippen LogP contribution in [0.2, 0.25) is 0 Å². The zero-order chi connectivity index (χ0) is 29.1. The van der Waals surface area contributed by atoms with Gasteiger partial charge in [-0.2, -0.15) is 0 Å². The fourth-order valence-electron chi connectivity index (χ4n) is 2.57. The summed E-state index contributed by atoms with van der Waals surface area (Å²) in [5.41, 5.74) is -0.493. The topological polar surface area (TPSA) is 134 Å². The van der Waals surface area contributed by atoms with Crippen LogP contribution in [0.15, 0.2) is 0 Å². The molecule has 12 nitrogen and oxygen atoms in total. The predicted molar refractivity (Wildman–Crippen MR) is 145 cm³/mol. The molecular formula is C26H48O12S. The highest BCUT2D eigenvalue weighted by atomic mass is 32.2. The molecule has 0 bridgehead atoms. The van der Waals surface area contributed by atoms with Crippen molar-refractivity contribution in [2.24, 2.45) is 0 Å². The highest BCUT2D eigenvalue weighted by molar-refractivity contribution is 7.91. The largest absolute Gasteiger partial charge is 0.460 e. The molecule has 0 aromatic rings. The van der Waals surface area contributed by atoms with E-state index in [1.165, 1.54) is 0 Å². The summed E-state index contributed by atoms with van der Waals surface area (Å²) in [7, 11) is -3.26. The first-order valence-corrected chi connectivity index (χ1v) is 15.0. The van der Waals surface area contributed by atoms with Crippen molar-refractivity contribution in [3.63, 3.8) is 0 Å². The first-order chi connectivity index (χ1) is 18.7. The zero-order valence-electron chi connectivity index (χ0n) is 23.8. The Morgan fingerprint density at radius 3 is 1.28 bits per heavy atom. The fraction of sp³-hybridized carbons (Fsp3) is 0.885. The van der Waals surface area contributed by atoms with Gasteiger partial charge in [0.15, 0.2) is 9.84 Å². The van der Waals surface area contributed by atoms with Crippen molar-refractivity contribution < 1.29 is 55.8 Å². The molecule has 0 aliphatic rings. The molecule has 230 valence electrons. The second-order valence-corrected chi connectivity index (χ2v) is 11.3. The second-order valence-electron chi connectivity index (χ2n) is 9.03. The van der Waals surface area contributed by atoms with Gasteiger partial charge in [0.05, 0.1) is 117 Å². The maximum Gasteiger partial charge on any atom is 0.308 e. The van der Waals surface area contributed by atoms with Crippen LogP contribution in [0.4, 0.5) is 0 Å². The maximum atomic E-state index is 12.0. The molecule has 0 aromatic carbocycles. The third-order valence-corrected chi connectivity index (χ3v) is 5.94. The van der Waals surface area contributed by atoms with Crippen molar-refractivity contribution in [3.8, 4) is 12.3 Å². The number of carbonyl (C=O) groups is 1. The van der Waals surface area contributed by atoms with Crippen LogP contribution in [0.3, 0.4) is 0 Å². The Hall–Kier alpha value is -1.34. The van der Waals surface area contributed by atoms with Crippen molar-refractivity contribution in [3.05, 3.63) is 0 Å². The zero-order valence-corrected chi connectivity index (χ0v) is 24.6. The van der Waals surface area contributed by atoms with Gasteiger partial charge >= 0.3 is 5.97 Å². The smallest absolute Gasteiger partial charge is 0.308 e. The van der Waals surface area contributed by atoms with Gasteiger partial charge in [-0.3, -0.25) is 4.79 Å². The van der Waals surface area contributed by atoms with Crippen LogP contribution < -0.4 is 0 Å². The molecule has 0 aliphatic heterocycles. The molecule has 0 amide bonds. The molecule has 0 aliphatic carbocycles. The van der Waals surface area contributed by atoms with Gasteiger partial charge in [-0.1, -0.05) is 5.92 Å². The fourth-order valence-corrected chi connectivity index (χ4v) is 3.52. The third kappa shape index (κ3) is 31.1. The molecule has 0 aromatic heterocycles. The van der Waals surface area contributed by atoms with Crippen molar-refractivity contribution in [2.45, 2.75) is 32.8 Å². The minimum Gasteiger partial charge on any atom is -0.460 e. The van der Waals surface area contributed by atoms with Crippen molar-refractivity contribution in [1.29, 1.82) is 0 Å². The van der Waals surface area contributed by atoms with Crippen LogP contribution in [-0.2, 0) is 57.3 Å². The van der Waals surface area contributed by atoms with Crippen LogP contribution in [0.1, 0.15) is 27.2 Å². The van der Waals surface area contributed by atoms with Gasteiger partial charge < -0.3 is 42.6 Å². The highest BCUT2D eigenvalue weighted by Gasteiger charge is 2.15. The average Bonchev–Trinajstić information content (AvgIpc) is 2.86. The van der Waals surface area contributed by atoms with Crippen LogP contribution >= 0.6 is 0 Å². The number of hydrogen-bond donors (Lipinski definition) is 0. The summed E-state index contributed by atoms with van der Waals surface area (Å²) in [5.74, 6) is 1.93.